The van der Waals surface area contributed by atoms with Gasteiger partial charge in [-0.15, -0.1) is 12.4 Å². The third kappa shape index (κ3) is 5.03. The van der Waals surface area contributed by atoms with Crippen molar-refractivity contribution < 1.29 is 14.4 Å². The molecule has 0 saturated carbocycles. The molecule has 0 aliphatic rings. The van der Waals surface area contributed by atoms with Crippen LogP contribution in [-0.2, 0) is 0 Å². The molecule has 3 N–H and O–H groups in total. The summed E-state index contributed by atoms with van der Waals surface area (Å²) in [6.07, 6.45) is 0.269. The van der Waals surface area contributed by atoms with Gasteiger partial charge in [0, 0.05) is 17.7 Å². The van der Waals surface area contributed by atoms with E-state index in [0.29, 0.717) is 12.3 Å². The molecule has 0 radical (unpaired) electrons. The van der Waals surface area contributed by atoms with Crippen LogP contribution in [0.5, 0.6) is 0 Å². The average Bonchev–Trinajstić information content (AvgIpc) is 2.35. The Morgan fingerprint density at radius 3 is 2.50 bits per heavy atom. The lowest BCUT2D eigenvalue weighted by molar-refractivity contribution is -0.385. The Morgan fingerprint density at radius 2 is 2.00 bits per heavy atom. The number of rotatable bonds is 6. The number of nitrogens with two attached hydrogens (primary N) is 1. The molecule has 0 aromatic heterocycles. The normalized spacial score (nSPS) is 13.7. The summed E-state index contributed by atoms with van der Waals surface area (Å²) in [5.74, 6) is -0.237. The number of aliphatic hydroxyl groups excluding tert-OH is 1. The van der Waals surface area contributed by atoms with Crippen molar-refractivity contribution in [1.82, 2.24) is 0 Å². The molecule has 1 rings (SSSR count). The predicted molar refractivity (Wildman–Crippen MR) is 77.3 cm³/mol. The van der Waals surface area contributed by atoms with Crippen molar-refractivity contribution >= 4 is 18.1 Å². The van der Waals surface area contributed by atoms with Crippen LogP contribution in [0.4, 0.5) is 10.1 Å². The molecule has 20 heavy (non-hydrogen) atoms. The first-order valence-corrected chi connectivity index (χ1v) is 6.20. The molecular formula is C13H20ClFN2O3. The number of aliphatic hydroxyl groups is 1. The standard InChI is InChI=1S/C13H19FN2O3.ClH/c1-8(2)3-6-12(17)13(15)10-7-9(16(18)19)4-5-11(10)14;/h4-5,7-8,12-13,17H,3,6,15H2,1-2H3;1H/t12-,13+;/m1./s1. The summed E-state index contributed by atoms with van der Waals surface area (Å²) in [7, 11) is 0. The molecule has 0 fully saturated rings. The van der Waals surface area contributed by atoms with Crippen molar-refractivity contribution in [3.05, 3.63) is 39.7 Å². The second-order valence-electron chi connectivity index (χ2n) is 5.03. The summed E-state index contributed by atoms with van der Waals surface area (Å²) < 4.78 is 13.6. The molecule has 0 amide bonds. The van der Waals surface area contributed by atoms with E-state index in [2.05, 4.69) is 0 Å². The predicted octanol–water partition coefficient (Wildman–Crippen LogP) is 2.95. The van der Waals surface area contributed by atoms with Gasteiger partial charge in [0.25, 0.3) is 5.69 Å². The molecule has 0 aliphatic heterocycles. The second-order valence-corrected chi connectivity index (χ2v) is 5.03. The maximum atomic E-state index is 13.6. The SMILES string of the molecule is CC(C)CC[C@@H](O)[C@@H](N)c1cc([N+](=O)[O-])ccc1F.Cl. The van der Waals surface area contributed by atoms with E-state index < -0.39 is 22.9 Å². The molecule has 0 saturated heterocycles. The van der Waals surface area contributed by atoms with E-state index in [9.17, 15) is 19.6 Å². The van der Waals surface area contributed by atoms with E-state index in [-0.39, 0.29) is 23.7 Å². The average molecular weight is 307 g/mol. The first-order valence-electron chi connectivity index (χ1n) is 6.20. The van der Waals surface area contributed by atoms with Crippen LogP contribution < -0.4 is 5.73 Å². The summed E-state index contributed by atoms with van der Waals surface area (Å²) >= 11 is 0. The van der Waals surface area contributed by atoms with Crippen LogP contribution >= 0.6 is 12.4 Å². The number of non-ortho nitro benzene ring substituents is 1. The van der Waals surface area contributed by atoms with E-state index >= 15 is 0 Å². The summed E-state index contributed by atoms with van der Waals surface area (Å²) in [5, 5.41) is 20.6. The smallest absolute Gasteiger partial charge is 0.269 e. The zero-order valence-electron chi connectivity index (χ0n) is 11.5. The maximum Gasteiger partial charge on any atom is 0.269 e. The van der Waals surface area contributed by atoms with Crippen LogP contribution in [-0.4, -0.2) is 16.1 Å². The first kappa shape index (κ1) is 18.8. The van der Waals surface area contributed by atoms with Crippen LogP contribution in [0, 0.1) is 21.8 Å². The molecular weight excluding hydrogens is 287 g/mol. The van der Waals surface area contributed by atoms with Crippen LogP contribution in [0.3, 0.4) is 0 Å². The van der Waals surface area contributed by atoms with Crippen molar-refractivity contribution in [2.24, 2.45) is 11.7 Å². The van der Waals surface area contributed by atoms with Crippen LogP contribution in [0.1, 0.15) is 38.3 Å². The highest BCUT2D eigenvalue weighted by molar-refractivity contribution is 5.85. The van der Waals surface area contributed by atoms with Gasteiger partial charge >= 0.3 is 0 Å². The lowest BCUT2D eigenvalue weighted by atomic mass is 9.95. The van der Waals surface area contributed by atoms with Gasteiger partial charge in [0.1, 0.15) is 5.82 Å². The quantitative estimate of drug-likeness (QED) is 0.624. The highest BCUT2D eigenvalue weighted by Crippen LogP contribution is 2.25. The van der Waals surface area contributed by atoms with Crippen molar-refractivity contribution in [1.29, 1.82) is 0 Å². The molecule has 0 aliphatic carbocycles. The van der Waals surface area contributed by atoms with Crippen LogP contribution in [0.25, 0.3) is 0 Å². The number of benzene rings is 1. The molecule has 114 valence electrons. The van der Waals surface area contributed by atoms with Gasteiger partial charge in [-0.3, -0.25) is 10.1 Å². The Kier molecular flexibility index (Phi) is 7.63. The number of nitro groups is 1. The molecule has 0 unspecified atom stereocenters. The second kappa shape index (κ2) is 8.14. The minimum Gasteiger partial charge on any atom is -0.391 e. The van der Waals surface area contributed by atoms with Gasteiger partial charge in [-0.05, 0) is 24.8 Å². The minimum atomic E-state index is -0.960. The van der Waals surface area contributed by atoms with Gasteiger partial charge < -0.3 is 10.8 Å². The third-order valence-electron chi connectivity index (χ3n) is 3.00. The van der Waals surface area contributed by atoms with Crippen molar-refractivity contribution in [3.8, 4) is 0 Å². The lowest BCUT2D eigenvalue weighted by Gasteiger charge is -2.20. The van der Waals surface area contributed by atoms with E-state index in [1.165, 1.54) is 0 Å². The number of nitrogens with zero attached hydrogens (tertiary/aromatic N) is 1. The highest BCUT2D eigenvalue weighted by atomic mass is 35.5. The summed E-state index contributed by atoms with van der Waals surface area (Å²) in [4.78, 5) is 10.0. The molecule has 0 heterocycles. The molecule has 1 aromatic carbocycles. The topological polar surface area (TPSA) is 89.4 Å². The Bertz CT molecular complexity index is 457. The highest BCUT2D eigenvalue weighted by Gasteiger charge is 2.22. The number of nitro benzene ring substituents is 1. The van der Waals surface area contributed by atoms with Gasteiger partial charge in [-0.1, -0.05) is 13.8 Å². The Balaban J connectivity index is 0.00000361. The van der Waals surface area contributed by atoms with Gasteiger partial charge in [0.05, 0.1) is 17.1 Å². The van der Waals surface area contributed by atoms with Gasteiger partial charge in [0.15, 0.2) is 0 Å². The molecule has 7 heteroatoms. The Labute approximate surface area is 123 Å². The van der Waals surface area contributed by atoms with Crippen LogP contribution in [0.2, 0.25) is 0 Å². The number of halogens is 2. The summed E-state index contributed by atoms with van der Waals surface area (Å²) in [5.41, 5.74) is 5.53. The fourth-order valence-corrected chi connectivity index (χ4v) is 1.79. The zero-order chi connectivity index (χ0) is 14.6. The molecule has 0 spiro atoms. The molecule has 1 aromatic rings. The van der Waals surface area contributed by atoms with Gasteiger partial charge in [-0.2, -0.15) is 0 Å². The van der Waals surface area contributed by atoms with Crippen LogP contribution in [0.15, 0.2) is 18.2 Å². The molecule has 2 atom stereocenters. The largest absolute Gasteiger partial charge is 0.391 e. The third-order valence-corrected chi connectivity index (χ3v) is 3.00. The number of hydrogen-bond acceptors (Lipinski definition) is 4. The molecule has 0 bridgehead atoms. The van der Waals surface area contributed by atoms with Crippen molar-refractivity contribution in [2.45, 2.75) is 38.8 Å². The lowest BCUT2D eigenvalue weighted by Crippen LogP contribution is -2.27. The van der Waals surface area contributed by atoms with Gasteiger partial charge in [-0.25, -0.2) is 4.39 Å². The zero-order valence-corrected chi connectivity index (χ0v) is 12.3. The fraction of sp³-hybridized carbons (Fsp3) is 0.538. The van der Waals surface area contributed by atoms with Crippen molar-refractivity contribution in [3.63, 3.8) is 0 Å². The minimum absolute atomic E-state index is 0. The van der Waals surface area contributed by atoms with E-state index in [1.807, 2.05) is 13.8 Å². The summed E-state index contributed by atoms with van der Waals surface area (Å²) in [6.45, 7) is 4.01. The summed E-state index contributed by atoms with van der Waals surface area (Å²) in [6, 6.07) is 2.20. The number of hydrogen-bond donors (Lipinski definition) is 2. The van der Waals surface area contributed by atoms with E-state index in [1.54, 1.807) is 0 Å². The van der Waals surface area contributed by atoms with E-state index in [4.69, 9.17) is 5.73 Å². The first-order chi connectivity index (χ1) is 8.82. The van der Waals surface area contributed by atoms with Gasteiger partial charge in [0.2, 0.25) is 0 Å². The monoisotopic (exact) mass is 306 g/mol. The van der Waals surface area contributed by atoms with Crippen molar-refractivity contribution in [2.75, 3.05) is 0 Å². The maximum absolute atomic E-state index is 13.6. The Hall–Kier alpha value is -1.24. The fourth-order valence-electron chi connectivity index (χ4n) is 1.79. The molecule has 5 nitrogen and oxygen atoms in total. The Morgan fingerprint density at radius 1 is 1.40 bits per heavy atom. The van der Waals surface area contributed by atoms with E-state index in [0.717, 1.165) is 24.6 Å².